The Labute approximate surface area is 85.2 Å². The SMILES string of the molecule is CS.CSCc1cccc(C)c1. The van der Waals surface area contributed by atoms with Crippen LogP contribution in [-0.2, 0) is 5.75 Å². The van der Waals surface area contributed by atoms with E-state index in [0.29, 0.717) is 0 Å². The van der Waals surface area contributed by atoms with Crippen LogP contribution in [0.4, 0.5) is 0 Å². The lowest BCUT2D eigenvalue weighted by atomic mass is 10.2. The highest BCUT2D eigenvalue weighted by molar-refractivity contribution is 7.97. The van der Waals surface area contributed by atoms with E-state index in [1.807, 2.05) is 11.8 Å². The minimum atomic E-state index is 1.13. The first-order valence-corrected chi connectivity index (χ1v) is 6.11. The summed E-state index contributed by atoms with van der Waals surface area (Å²) in [6, 6.07) is 8.64. The standard InChI is InChI=1S/C9H12S.CH4S/c1-8-4-3-5-9(6-8)7-10-2;1-2/h3-6H,7H2,1-2H3;2H,1H3. The van der Waals surface area contributed by atoms with Gasteiger partial charge >= 0.3 is 0 Å². The molecule has 0 atom stereocenters. The van der Waals surface area contributed by atoms with E-state index in [9.17, 15) is 0 Å². The molecule has 0 aliphatic rings. The molecule has 1 aromatic rings. The van der Waals surface area contributed by atoms with Gasteiger partial charge in [-0.2, -0.15) is 24.4 Å². The molecule has 0 spiro atoms. The van der Waals surface area contributed by atoms with Crippen LogP contribution in [0, 0.1) is 6.92 Å². The first-order chi connectivity index (χ1) is 5.83. The van der Waals surface area contributed by atoms with Crippen LogP contribution < -0.4 is 0 Å². The Morgan fingerprint density at radius 3 is 2.50 bits per heavy atom. The van der Waals surface area contributed by atoms with Crippen LogP contribution in [0.1, 0.15) is 11.1 Å². The zero-order chi connectivity index (χ0) is 9.40. The molecule has 0 bridgehead atoms. The lowest BCUT2D eigenvalue weighted by Crippen LogP contribution is -1.79. The van der Waals surface area contributed by atoms with Crippen LogP contribution in [-0.4, -0.2) is 12.5 Å². The fraction of sp³-hybridized carbons (Fsp3) is 0.400. The smallest absolute Gasteiger partial charge is 0.0181 e. The average Bonchev–Trinajstić information content (AvgIpc) is 2.09. The molecule has 0 saturated carbocycles. The third kappa shape index (κ3) is 4.73. The molecule has 0 radical (unpaired) electrons. The van der Waals surface area contributed by atoms with E-state index in [-0.39, 0.29) is 0 Å². The molecule has 1 rings (SSSR count). The molecule has 68 valence electrons. The molecule has 0 fully saturated rings. The normalized spacial score (nSPS) is 8.67. The quantitative estimate of drug-likeness (QED) is 0.714. The van der Waals surface area contributed by atoms with Crippen LogP contribution in [0.3, 0.4) is 0 Å². The van der Waals surface area contributed by atoms with Crippen LogP contribution >= 0.6 is 24.4 Å². The highest BCUT2D eigenvalue weighted by Crippen LogP contribution is 2.09. The largest absolute Gasteiger partial charge is 0.183 e. The second kappa shape index (κ2) is 7.56. The summed E-state index contributed by atoms with van der Waals surface area (Å²) in [5, 5.41) is 0. The van der Waals surface area contributed by atoms with Gasteiger partial charge < -0.3 is 0 Å². The zero-order valence-corrected chi connectivity index (χ0v) is 9.58. The second-order valence-corrected chi connectivity index (χ2v) is 3.29. The molecule has 0 unspecified atom stereocenters. The zero-order valence-electron chi connectivity index (χ0n) is 7.87. The minimum absolute atomic E-state index is 1.13. The van der Waals surface area contributed by atoms with Crippen molar-refractivity contribution >= 4 is 24.4 Å². The minimum Gasteiger partial charge on any atom is -0.183 e. The average molecular weight is 200 g/mol. The number of hydrogen-bond acceptors (Lipinski definition) is 2. The van der Waals surface area contributed by atoms with Gasteiger partial charge in [-0.15, -0.1) is 0 Å². The number of benzene rings is 1. The van der Waals surface area contributed by atoms with Gasteiger partial charge in [0, 0.05) is 5.75 Å². The Balaban J connectivity index is 0.000000561. The van der Waals surface area contributed by atoms with Crippen LogP contribution in [0.15, 0.2) is 24.3 Å². The maximum Gasteiger partial charge on any atom is 0.0181 e. The lowest BCUT2D eigenvalue weighted by molar-refractivity contribution is 1.36. The Hall–Kier alpha value is -0.0800. The predicted molar refractivity (Wildman–Crippen MR) is 63.3 cm³/mol. The van der Waals surface area contributed by atoms with Crippen molar-refractivity contribution < 1.29 is 0 Å². The van der Waals surface area contributed by atoms with Crippen LogP contribution in [0.5, 0.6) is 0 Å². The Kier molecular flexibility index (Phi) is 7.51. The van der Waals surface area contributed by atoms with E-state index >= 15 is 0 Å². The molecule has 0 saturated heterocycles. The fourth-order valence-electron chi connectivity index (χ4n) is 0.969. The summed E-state index contributed by atoms with van der Waals surface area (Å²) in [4.78, 5) is 0. The Morgan fingerprint density at radius 2 is 2.00 bits per heavy atom. The molecule has 0 aromatic heterocycles. The topological polar surface area (TPSA) is 0 Å². The van der Waals surface area contributed by atoms with Gasteiger partial charge in [0.25, 0.3) is 0 Å². The summed E-state index contributed by atoms with van der Waals surface area (Å²) in [6.07, 6.45) is 3.82. The molecular weight excluding hydrogens is 184 g/mol. The van der Waals surface area contributed by atoms with E-state index in [1.54, 1.807) is 6.26 Å². The first kappa shape index (κ1) is 11.9. The molecule has 0 N–H and O–H groups in total. The summed E-state index contributed by atoms with van der Waals surface area (Å²) in [6.45, 7) is 2.13. The number of thioether (sulfide) groups is 1. The first-order valence-electron chi connectivity index (χ1n) is 3.82. The number of hydrogen-bond donors (Lipinski definition) is 1. The van der Waals surface area contributed by atoms with Gasteiger partial charge in [0.1, 0.15) is 0 Å². The molecule has 2 heteroatoms. The van der Waals surface area contributed by atoms with Crippen LogP contribution in [0.2, 0.25) is 0 Å². The summed E-state index contributed by atoms with van der Waals surface area (Å²) in [5.41, 5.74) is 2.78. The van der Waals surface area contributed by atoms with E-state index < -0.39 is 0 Å². The molecule has 0 aliphatic heterocycles. The van der Waals surface area contributed by atoms with Gasteiger partial charge in [0.2, 0.25) is 0 Å². The monoisotopic (exact) mass is 200 g/mol. The van der Waals surface area contributed by atoms with Gasteiger partial charge in [-0.1, -0.05) is 29.8 Å². The summed E-state index contributed by atoms with van der Waals surface area (Å²) in [5.74, 6) is 1.13. The molecule has 12 heavy (non-hydrogen) atoms. The van der Waals surface area contributed by atoms with Crippen molar-refractivity contribution in [3.8, 4) is 0 Å². The molecule has 1 aromatic carbocycles. The van der Waals surface area contributed by atoms with Gasteiger partial charge in [0.05, 0.1) is 0 Å². The molecule has 0 nitrogen and oxygen atoms in total. The maximum atomic E-state index is 3.53. The van der Waals surface area contributed by atoms with Crippen molar-refractivity contribution in [1.82, 2.24) is 0 Å². The van der Waals surface area contributed by atoms with Gasteiger partial charge in [-0.05, 0) is 25.0 Å². The van der Waals surface area contributed by atoms with Crippen molar-refractivity contribution in [1.29, 1.82) is 0 Å². The summed E-state index contributed by atoms with van der Waals surface area (Å²) in [7, 11) is 0. The van der Waals surface area contributed by atoms with Crippen molar-refractivity contribution in [3.05, 3.63) is 35.4 Å². The van der Waals surface area contributed by atoms with Crippen molar-refractivity contribution in [2.24, 2.45) is 0 Å². The van der Waals surface area contributed by atoms with Crippen LogP contribution in [0.25, 0.3) is 0 Å². The Bertz CT molecular complexity index is 209. The third-order valence-electron chi connectivity index (χ3n) is 1.39. The van der Waals surface area contributed by atoms with E-state index in [1.165, 1.54) is 11.1 Å². The van der Waals surface area contributed by atoms with Crippen molar-refractivity contribution in [2.75, 3.05) is 12.5 Å². The molecule has 0 aliphatic carbocycles. The molecule has 0 amide bonds. The van der Waals surface area contributed by atoms with Gasteiger partial charge in [-0.25, -0.2) is 0 Å². The molecular formula is C10H16S2. The number of rotatable bonds is 2. The predicted octanol–water partition coefficient (Wildman–Crippen LogP) is 3.40. The fourth-order valence-corrected chi connectivity index (χ4v) is 1.48. The Morgan fingerprint density at radius 1 is 1.33 bits per heavy atom. The van der Waals surface area contributed by atoms with Gasteiger partial charge in [0.15, 0.2) is 0 Å². The number of aryl methyl sites for hydroxylation is 1. The lowest BCUT2D eigenvalue weighted by Gasteiger charge is -1.97. The van der Waals surface area contributed by atoms with E-state index in [0.717, 1.165) is 5.75 Å². The number of thiol groups is 1. The third-order valence-corrected chi connectivity index (χ3v) is 2.02. The van der Waals surface area contributed by atoms with Gasteiger partial charge in [-0.3, -0.25) is 0 Å². The highest BCUT2D eigenvalue weighted by atomic mass is 32.2. The summed E-state index contributed by atoms with van der Waals surface area (Å²) >= 11 is 5.39. The highest BCUT2D eigenvalue weighted by Gasteiger charge is 1.89. The van der Waals surface area contributed by atoms with E-state index in [2.05, 4.69) is 50.1 Å². The van der Waals surface area contributed by atoms with Crippen molar-refractivity contribution in [2.45, 2.75) is 12.7 Å². The van der Waals surface area contributed by atoms with E-state index in [4.69, 9.17) is 0 Å². The summed E-state index contributed by atoms with van der Waals surface area (Å²) < 4.78 is 0. The molecule has 0 heterocycles. The maximum absolute atomic E-state index is 3.53. The second-order valence-electron chi connectivity index (χ2n) is 2.42. The van der Waals surface area contributed by atoms with Crippen molar-refractivity contribution in [3.63, 3.8) is 0 Å².